The third-order valence-corrected chi connectivity index (χ3v) is 4.87. The van der Waals surface area contributed by atoms with Crippen LogP contribution in [0.4, 0.5) is 5.69 Å². The van der Waals surface area contributed by atoms with Gasteiger partial charge in [-0.1, -0.05) is 6.07 Å². The van der Waals surface area contributed by atoms with Crippen molar-refractivity contribution in [3.63, 3.8) is 0 Å². The van der Waals surface area contributed by atoms with E-state index in [4.69, 9.17) is 9.47 Å². The average Bonchev–Trinajstić information content (AvgIpc) is 2.80. The van der Waals surface area contributed by atoms with Gasteiger partial charge in [-0.25, -0.2) is 15.4 Å². The first-order valence-corrected chi connectivity index (χ1v) is 9.61. The minimum Gasteiger partial charge on any atom is -0.497 e. The molecule has 0 atom stereocenters. The van der Waals surface area contributed by atoms with E-state index >= 15 is 0 Å². The third-order valence-electron chi connectivity index (χ3n) is 3.92. The SMILES string of the molecule is COc1cc(OC)cc(C(=O)N/N=C/c2ccc(Sc3ncccn3)c([N+](=O)[O-])c2)c1. The molecule has 0 aliphatic heterocycles. The molecule has 11 heteroatoms. The number of carbonyl (C=O) groups excluding carboxylic acids is 1. The van der Waals surface area contributed by atoms with Crippen molar-refractivity contribution in [2.75, 3.05) is 14.2 Å². The molecule has 0 saturated carbocycles. The monoisotopic (exact) mass is 439 g/mol. The minimum absolute atomic E-state index is 0.120. The Morgan fingerprint density at radius 1 is 1.13 bits per heavy atom. The lowest BCUT2D eigenvalue weighted by molar-refractivity contribution is -0.387. The number of hydrogen-bond donors (Lipinski definition) is 1. The first kappa shape index (κ1) is 21.7. The average molecular weight is 439 g/mol. The molecule has 158 valence electrons. The van der Waals surface area contributed by atoms with Crippen molar-refractivity contribution in [2.24, 2.45) is 5.10 Å². The van der Waals surface area contributed by atoms with Gasteiger partial charge in [-0.15, -0.1) is 0 Å². The second-order valence-electron chi connectivity index (χ2n) is 5.92. The Morgan fingerprint density at radius 2 is 1.81 bits per heavy atom. The summed E-state index contributed by atoms with van der Waals surface area (Å²) >= 11 is 1.08. The number of hydrazone groups is 1. The van der Waals surface area contributed by atoms with Crippen molar-refractivity contribution in [3.05, 3.63) is 76.1 Å². The van der Waals surface area contributed by atoms with Gasteiger partial charge in [0.2, 0.25) is 0 Å². The van der Waals surface area contributed by atoms with Gasteiger partial charge in [0, 0.05) is 35.7 Å². The number of nitro benzene ring substituents is 1. The fraction of sp³-hybridized carbons (Fsp3) is 0.100. The Kier molecular flexibility index (Phi) is 7.12. The molecule has 0 aliphatic rings. The van der Waals surface area contributed by atoms with E-state index in [1.165, 1.54) is 38.6 Å². The highest BCUT2D eigenvalue weighted by atomic mass is 32.2. The predicted molar refractivity (Wildman–Crippen MR) is 114 cm³/mol. The van der Waals surface area contributed by atoms with E-state index in [1.807, 2.05) is 0 Å². The van der Waals surface area contributed by atoms with E-state index in [0.29, 0.717) is 27.1 Å². The summed E-state index contributed by atoms with van der Waals surface area (Å²) in [5.74, 6) is 0.426. The molecular weight excluding hydrogens is 422 g/mol. The van der Waals surface area contributed by atoms with Gasteiger partial charge in [-0.2, -0.15) is 5.10 Å². The molecule has 2 aromatic carbocycles. The number of amides is 1. The number of carbonyl (C=O) groups is 1. The van der Waals surface area contributed by atoms with Crippen LogP contribution in [0.25, 0.3) is 0 Å². The summed E-state index contributed by atoms with van der Waals surface area (Å²) in [5.41, 5.74) is 2.98. The zero-order valence-electron chi connectivity index (χ0n) is 16.5. The van der Waals surface area contributed by atoms with Gasteiger partial charge in [0.1, 0.15) is 11.5 Å². The molecule has 10 nitrogen and oxygen atoms in total. The van der Waals surface area contributed by atoms with Crippen LogP contribution in [0.5, 0.6) is 11.5 Å². The normalized spacial score (nSPS) is 10.6. The molecule has 0 unspecified atom stereocenters. The fourth-order valence-electron chi connectivity index (χ4n) is 2.45. The van der Waals surface area contributed by atoms with Gasteiger partial charge in [-0.05, 0) is 36.0 Å². The summed E-state index contributed by atoms with van der Waals surface area (Å²) in [4.78, 5) is 31.8. The lowest BCUT2D eigenvalue weighted by Crippen LogP contribution is -2.17. The molecule has 1 aromatic heterocycles. The number of methoxy groups -OCH3 is 2. The van der Waals surface area contributed by atoms with E-state index in [1.54, 1.807) is 36.7 Å². The molecule has 1 amide bonds. The van der Waals surface area contributed by atoms with Crippen molar-refractivity contribution in [3.8, 4) is 11.5 Å². The Morgan fingerprint density at radius 3 is 2.42 bits per heavy atom. The zero-order valence-corrected chi connectivity index (χ0v) is 17.3. The standard InChI is InChI=1S/C20H17N5O5S/c1-29-15-9-14(10-16(11-15)30-2)19(26)24-23-12-13-4-5-18(17(8-13)25(27)28)31-20-21-6-3-7-22-20/h3-12H,1-2H3,(H,24,26)/b23-12+. The molecular formula is C20H17N5O5S. The van der Waals surface area contributed by atoms with Crippen LogP contribution in [0.3, 0.4) is 0 Å². The van der Waals surface area contributed by atoms with Gasteiger partial charge >= 0.3 is 0 Å². The van der Waals surface area contributed by atoms with Crippen molar-refractivity contribution < 1.29 is 19.2 Å². The maximum atomic E-state index is 12.3. The highest BCUT2D eigenvalue weighted by molar-refractivity contribution is 7.99. The number of rotatable bonds is 8. The zero-order chi connectivity index (χ0) is 22.2. The number of ether oxygens (including phenoxy) is 2. The highest BCUT2D eigenvalue weighted by Crippen LogP contribution is 2.33. The second-order valence-corrected chi connectivity index (χ2v) is 6.93. The first-order valence-electron chi connectivity index (χ1n) is 8.80. The number of hydrogen-bond acceptors (Lipinski definition) is 9. The first-order chi connectivity index (χ1) is 15.0. The van der Waals surface area contributed by atoms with E-state index < -0.39 is 10.8 Å². The van der Waals surface area contributed by atoms with Crippen LogP contribution in [0.1, 0.15) is 15.9 Å². The van der Waals surface area contributed by atoms with Crippen molar-refractivity contribution >= 4 is 29.6 Å². The van der Waals surface area contributed by atoms with Crippen LogP contribution >= 0.6 is 11.8 Å². The molecule has 3 rings (SSSR count). The molecule has 0 spiro atoms. The lowest BCUT2D eigenvalue weighted by Gasteiger charge is -2.07. The molecule has 31 heavy (non-hydrogen) atoms. The summed E-state index contributed by atoms with van der Waals surface area (Å²) in [7, 11) is 2.96. The van der Waals surface area contributed by atoms with Crippen LogP contribution in [-0.4, -0.2) is 41.2 Å². The van der Waals surface area contributed by atoms with Crippen LogP contribution < -0.4 is 14.9 Å². The van der Waals surface area contributed by atoms with E-state index in [2.05, 4.69) is 20.5 Å². The van der Waals surface area contributed by atoms with Crippen molar-refractivity contribution in [2.45, 2.75) is 10.1 Å². The van der Waals surface area contributed by atoms with Crippen LogP contribution in [0.15, 0.2) is 70.0 Å². The van der Waals surface area contributed by atoms with Gasteiger partial charge in [0.25, 0.3) is 11.6 Å². The molecule has 0 aliphatic carbocycles. The Hall–Kier alpha value is -3.99. The number of benzene rings is 2. The van der Waals surface area contributed by atoms with Gasteiger partial charge < -0.3 is 9.47 Å². The second kappa shape index (κ2) is 10.2. The molecule has 0 radical (unpaired) electrons. The van der Waals surface area contributed by atoms with Crippen molar-refractivity contribution in [1.82, 2.24) is 15.4 Å². The number of nitrogens with one attached hydrogen (secondary N) is 1. The highest BCUT2D eigenvalue weighted by Gasteiger charge is 2.16. The number of nitro groups is 1. The third kappa shape index (κ3) is 5.76. The molecule has 0 bridgehead atoms. The Labute approximate surface area is 181 Å². The van der Waals surface area contributed by atoms with Crippen LogP contribution in [-0.2, 0) is 0 Å². The van der Waals surface area contributed by atoms with Gasteiger partial charge in [-0.3, -0.25) is 14.9 Å². The number of nitrogens with zero attached hydrogens (tertiary/aromatic N) is 4. The summed E-state index contributed by atoms with van der Waals surface area (Å²) in [6, 6.07) is 11.0. The summed E-state index contributed by atoms with van der Waals surface area (Å²) in [6.45, 7) is 0. The maximum Gasteiger partial charge on any atom is 0.283 e. The predicted octanol–water partition coefficient (Wildman–Crippen LogP) is 3.32. The topological polar surface area (TPSA) is 129 Å². The van der Waals surface area contributed by atoms with Gasteiger partial charge in [0.05, 0.1) is 30.3 Å². The minimum atomic E-state index is -0.496. The molecule has 0 saturated heterocycles. The Balaban J connectivity index is 1.74. The summed E-state index contributed by atoms with van der Waals surface area (Å²) < 4.78 is 10.3. The van der Waals surface area contributed by atoms with E-state index in [0.717, 1.165) is 11.8 Å². The summed E-state index contributed by atoms with van der Waals surface area (Å²) in [5, 5.41) is 15.7. The smallest absolute Gasteiger partial charge is 0.283 e. The number of aromatic nitrogens is 2. The quantitative estimate of drug-likeness (QED) is 0.245. The lowest BCUT2D eigenvalue weighted by atomic mass is 10.2. The van der Waals surface area contributed by atoms with E-state index in [9.17, 15) is 14.9 Å². The largest absolute Gasteiger partial charge is 0.497 e. The summed E-state index contributed by atoms with van der Waals surface area (Å²) in [6.07, 6.45) is 4.43. The molecule has 3 aromatic rings. The fourth-order valence-corrected chi connectivity index (χ4v) is 3.25. The molecule has 0 fully saturated rings. The molecule has 1 heterocycles. The van der Waals surface area contributed by atoms with Crippen LogP contribution in [0, 0.1) is 10.1 Å². The maximum absolute atomic E-state index is 12.3. The van der Waals surface area contributed by atoms with Gasteiger partial charge in [0.15, 0.2) is 5.16 Å². The Bertz CT molecular complexity index is 1100. The van der Waals surface area contributed by atoms with Crippen LogP contribution in [0.2, 0.25) is 0 Å². The molecule has 1 N–H and O–H groups in total. The van der Waals surface area contributed by atoms with Crippen molar-refractivity contribution in [1.29, 1.82) is 0 Å². The van der Waals surface area contributed by atoms with E-state index in [-0.39, 0.29) is 11.3 Å².